The van der Waals surface area contributed by atoms with Crippen LogP contribution in [0.5, 0.6) is 5.75 Å². The van der Waals surface area contributed by atoms with E-state index in [1.807, 2.05) is 28.6 Å². The Bertz CT molecular complexity index is 1410. The van der Waals surface area contributed by atoms with Crippen molar-refractivity contribution >= 4 is 38.9 Å². The number of hydrogen-bond donors (Lipinski definition) is 1. The molecule has 2 aliphatic rings. The van der Waals surface area contributed by atoms with Gasteiger partial charge in [0.05, 0.1) is 18.1 Å². The average molecular weight is 494 g/mol. The number of aromatic hydroxyl groups is 1. The summed E-state index contributed by atoms with van der Waals surface area (Å²) < 4.78 is 27.1. The lowest BCUT2D eigenvalue weighted by Gasteiger charge is -2.31. The predicted molar refractivity (Wildman–Crippen MR) is 135 cm³/mol. The number of hydrogen-bond acceptors (Lipinski definition) is 8. The molecule has 1 unspecified atom stereocenters. The Balaban J connectivity index is 1.46. The van der Waals surface area contributed by atoms with Crippen molar-refractivity contribution in [2.75, 3.05) is 64.4 Å². The van der Waals surface area contributed by atoms with Gasteiger partial charge in [0.25, 0.3) is 0 Å². The minimum absolute atomic E-state index is 0.159. The Hall–Kier alpha value is -3.05. The highest BCUT2D eigenvalue weighted by Crippen LogP contribution is 2.36. The monoisotopic (exact) mass is 493 g/mol. The van der Waals surface area contributed by atoms with Crippen LogP contribution in [0.1, 0.15) is 0 Å². The molecule has 0 amide bonds. The van der Waals surface area contributed by atoms with Crippen molar-refractivity contribution in [1.82, 2.24) is 19.2 Å². The van der Waals surface area contributed by atoms with Crippen molar-refractivity contribution in [2.24, 2.45) is 0 Å². The lowest BCUT2D eigenvalue weighted by Crippen LogP contribution is -2.45. The van der Waals surface area contributed by atoms with Crippen LogP contribution in [0.2, 0.25) is 0 Å². The van der Waals surface area contributed by atoms with Crippen molar-refractivity contribution in [3.63, 3.8) is 0 Å². The summed E-state index contributed by atoms with van der Waals surface area (Å²) in [4.78, 5) is 14.8. The molecular formula is C25H27N5O4S. The maximum absolute atomic E-state index is 13.3. The molecule has 2 fully saturated rings. The van der Waals surface area contributed by atoms with Crippen molar-refractivity contribution < 1.29 is 18.5 Å². The molecule has 0 radical (unpaired) electrons. The topological polar surface area (TPSA) is 95.2 Å². The van der Waals surface area contributed by atoms with Gasteiger partial charge in [-0.1, -0.05) is 12.1 Å². The Morgan fingerprint density at radius 3 is 2.54 bits per heavy atom. The van der Waals surface area contributed by atoms with Crippen LogP contribution in [-0.2, 0) is 15.7 Å². The highest BCUT2D eigenvalue weighted by molar-refractivity contribution is 7.82. The summed E-state index contributed by atoms with van der Waals surface area (Å²) in [6, 6.07) is 12.6. The standard InChI is InChI=1S/C25H27N5O4S/c1-28-7-9-30(10-8-28)35(32)19-5-6-20-21(16-19)34-23-22(20)26-24(17-3-2-4-18(31)15-17)27-25(23)29-11-13-33-14-12-29/h2-6,15-16,31H,7-14H2,1H3. The molecule has 10 heteroatoms. The van der Waals surface area contributed by atoms with Gasteiger partial charge in [-0.15, -0.1) is 0 Å². The number of phenolic OH excluding ortho intramolecular Hbond substituents is 1. The van der Waals surface area contributed by atoms with Crippen LogP contribution in [0.4, 0.5) is 5.82 Å². The molecule has 4 aromatic rings. The zero-order chi connectivity index (χ0) is 23.9. The van der Waals surface area contributed by atoms with Gasteiger partial charge in [0, 0.05) is 50.2 Å². The number of benzene rings is 2. The first-order valence-corrected chi connectivity index (χ1v) is 12.9. The molecule has 1 N–H and O–H groups in total. The molecule has 0 aliphatic carbocycles. The fourth-order valence-electron chi connectivity index (χ4n) is 4.58. The number of furan rings is 1. The summed E-state index contributed by atoms with van der Waals surface area (Å²) in [7, 11) is 0.829. The van der Waals surface area contributed by atoms with Crippen molar-refractivity contribution in [1.29, 1.82) is 0 Å². The summed E-state index contributed by atoms with van der Waals surface area (Å²) in [5, 5.41) is 10.9. The number of nitrogens with zero attached hydrogens (tertiary/aromatic N) is 5. The van der Waals surface area contributed by atoms with Crippen LogP contribution in [0.25, 0.3) is 33.5 Å². The summed E-state index contributed by atoms with van der Waals surface area (Å²) in [5.74, 6) is 1.38. The molecule has 2 aromatic heterocycles. The molecule has 1 atom stereocenters. The average Bonchev–Trinajstić information content (AvgIpc) is 3.26. The molecular weight excluding hydrogens is 466 g/mol. The fraction of sp³-hybridized carbons (Fsp3) is 0.360. The molecule has 9 nitrogen and oxygen atoms in total. The van der Waals surface area contributed by atoms with Gasteiger partial charge in [0.2, 0.25) is 0 Å². The van der Waals surface area contributed by atoms with Gasteiger partial charge >= 0.3 is 0 Å². The van der Waals surface area contributed by atoms with E-state index < -0.39 is 11.0 Å². The van der Waals surface area contributed by atoms with Gasteiger partial charge in [-0.05, 0) is 37.4 Å². The van der Waals surface area contributed by atoms with Gasteiger partial charge < -0.3 is 24.1 Å². The molecule has 35 heavy (non-hydrogen) atoms. The quantitative estimate of drug-likeness (QED) is 0.464. The van der Waals surface area contributed by atoms with E-state index in [1.165, 1.54) is 0 Å². The van der Waals surface area contributed by atoms with Crippen molar-refractivity contribution in [3.8, 4) is 17.1 Å². The first kappa shape index (κ1) is 22.4. The maximum Gasteiger partial charge on any atom is 0.196 e. The molecule has 0 saturated carbocycles. The van der Waals surface area contributed by atoms with E-state index in [-0.39, 0.29) is 5.75 Å². The van der Waals surface area contributed by atoms with Crippen LogP contribution >= 0.6 is 0 Å². The fourth-order valence-corrected chi connectivity index (χ4v) is 5.77. The summed E-state index contributed by atoms with van der Waals surface area (Å²) in [6.45, 7) is 5.94. The van der Waals surface area contributed by atoms with Gasteiger partial charge in [0.15, 0.2) is 17.2 Å². The number of likely N-dealkylation sites (N-methyl/N-ethyl adjacent to an activating group) is 1. The molecule has 0 bridgehead atoms. The van der Waals surface area contributed by atoms with Crippen LogP contribution in [0.3, 0.4) is 0 Å². The first-order chi connectivity index (χ1) is 17.1. The van der Waals surface area contributed by atoms with Gasteiger partial charge in [-0.25, -0.2) is 18.5 Å². The van der Waals surface area contributed by atoms with Gasteiger partial charge in [-0.3, -0.25) is 0 Å². The highest BCUT2D eigenvalue weighted by atomic mass is 32.2. The number of morpholine rings is 1. The molecule has 2 saturated heterocycles. The molecule has 6 rings (SSSR count). The number of phenols is 1. The van der Waals surface area contributed by atoms with E-state index in [0.717, 1.165) is 42.0 Å². The van der Waals surface area contributed by atoms with Crippen LogP contribution in [0, 0.1) is 0 Å². The number of piperazine rings is 1. The van der Waals surface area contributed by atoms with E-state index in [0.29, 0.717) is 54.6 Å². The lowest BCUT2D eigenvalue weighted by molar-refractivity contribution is 0.122. The van der Waals surface area contributed by atoms with Crippen LogP contribution in [0.15, 0.2) is 51.8 Å². The molecule has 2 aliphatic heterocycles. The van der Waals surface area contributed by atoms with Gasteiger partial charge in [-0.2, -0.15) is 0 Å². The number of anilines is 1. The predicted octanol–water partition coefficient (Wildman–Crippen LogP) is 2.86. The summed E-state index contributed by atoms with van der Waals surface area (Å²) in [5.41, 5.74) is 2.67. The minimum atomic E-state index is -1.25. The second kappa shape index (κ2) is 9.19. The minimum Gasteiger partial charge on any atom is -0.508 e. The number of fused-ring (bicyclic) bond motifs is 3. The molecule has 0 spiro atoms. The molecule has 4 heterocycles. The zero-order valence-electron chi connectivity index (χ0n) is 19.5. The number of rotatable bonds is 4. The van der Waals surface area contributed by atoms with E-state index >= 15 is 0 Å². The summed E-state index contributed by atoms with van der Waals surface area (Å²) in [6.07, 6.45) is 0. The lowest BCUT2D eigenvalue weighted by atomic mass is 10.2. The van der Waals surface area contributed by atoms with Crippen LogP contribution in [-0.4, -0.2) is 88.0 Å². The van der Waals surface area contributed by atoms with E-state index in [1.54, 1.807) is 18.2 Å². The number of aromatic nitrogens is 2. The Morgan fingerprint density at radius 1 is 0.971 bits per heavy atom. The maximum atomic E-state index is 13.3. The SMILES string of the molecule is CN1CCN(S(=O)c2ccc3c(c2)oc2c(N4CCOCC4)nc(-c4cccc(O)c4)nc23)CC1. The third-order valence-corrected chi connectivity index (χ3v) is 8.07. The van der Waals surface area contributed by atoms with Crippen LogP contribution < -0.4 is 4.90 Å². The Kier molecular flexibility index (Phi) is 5.89. The molecule has 2 aromatic carbocycles. The largest absolute Gasteiger partial charge is 0.508 e. The van der Waals surface area contributed by atoms with E-state index in [2.05, 4.69) is 16.8 Å². The second-order valence-electron chi connectivity index (χ2n) is 8.94. The third-order valence-electron chi connectivity index (χ3n) is 6.58. The Labute approximate surface area is 205 Å². The summed E-state index contributed by atoms with van der Waals surface area (Å²) >= 11 is 0. The van der Waals surface area contributed by atoms with E-state index in [9.17, 15) is 9.32 Å². The third kappa shape index (κ3) is 4.27. The zero-order valence-corrected chi connectivity index (χ0v) is 20.3. The number of ether oxygens (including phenoxy) is 1. The van der Waals surface area contributed by atoms with E-state index in [4.69, 9.17) is 19.1 Å². The second-order valence-corrected chi connectivity index (χ2v) is 10.4. The Morgan fingerprint density at radius 2 is 1.77 bits per heavy atom. The van der Waals surface area contributed by atoms with Crippen molar-refractivity contribution in [3.05, 3.63) is 42.5 Å². The normalized spacial score (nSPS) is 18.9. The first-order valence-electron chi connectivity index (χ1n) is 11.8. The highest BCUT2D eigenvalue weighted by Gasteiger charge is 2.25. The van der Waals surface area contributed by atoms with Gasteiger partial charge in [0.1, 0.15) is 27.8 Å². The molecule has 182 valence electrons. The smallest absolute Gasteiger partial charge is 0.196 e. The van der Waals surface area contributed by atoms with Crippen molar-refractivity contribution in [2.45, 2.75) is 4.90 Å².